The highest BCUT2D eigenvalue weighted by Gasteiger charge is 2.26. The van der Waals surface area contributed by atoms with Crippen LogP contribution in [0.4, 0.5) is 5.69 Å². The van der Waals surface area contributed by atoms with Crippen LogP contribution in [0.1, 0.15) is 30.0 Å². The van der Waals surface area contributed by atoms with E-state index in [1.54, 1.807) is 0 Å². The van der Waals surface area contributed by atoms with Crippen LogP contribution in [-0.4, -0.2) is 12.0 Å². The highest BCUT2D eigenvalue weighted by molar-refractivity contribution is 9.10. The number of aryl methyl sites for hydroxylation is 1. The van der Waals surface area contributed by atoms with Crippen LogP contribution in [-0.2, 0) is 0 Å². The van der Waals surface area contributed by atoms with Gasteiger partial charge in [0.25, 0.3) is 0 Å². The smallest absolute Gasteiger partial charge is 0.0766 e. The summed E-state index contributed by atoms with van der Waals surface area (Å²) >= 11 is 3.62. The Morgan fingerprint density at radius 1 is 1.35 bits per heavy atom. The molecule has 3 rings (SSSR count). The van der Waals surface area contributed by atoms with Crippen molar-refractivity contribution in [3.63, 3.8) is 0 Å². The van der Waals surface area contributed by atoms with Gasteiger partial charge in [0.15, 0.2) is 0 Å². The van der Waals surface area contributed by atoms with Crippen molar-refractivity contribution in [1.82, 2.24) is 4.98 Å². The molecule has 1 aromatic heterocycles. The first kappa shape index (κ1) is 11.0. The Bertz CT molecular complexity index is 588. The van der Waals surface area contributed by atoms with Crippen LogP contribution >= 0.6 is 15.9 Å². The summed E-state index contributed by atoms with van der Waals surface area (Å²) in [7, 11) is 1.97. The third-order valence-electron chi connectivity index (χ3n) is 3.40. The molecule has 1 fully saturated rings. The van der Waals surface area contributed by atoms with Crippen LogP contribution in [0, 0.1) is 6.92 Å². The molecule has 0 amide bonds. The van der Waals surface area contributed by atoms with Gasteiger partial charge < -0.3 is 5.32 Å². The molecule has 1 aliphatic rings. The topological polar surface area (TPSA) is 24.9 Å². The van der Waals surface area contributed by atoms with Crippen LogP contribution < -0.4 is 5.32 Å². The van der Waals surface area contributed by atoms with Crippen molar-refractivity contribution in [2.75, 3.05) is 12.4 Å². The van der Waals surface area contributed by atoms with Gasteiger partial charge in [0, 0.05) is 34.2 Å². The standard InChI is InChI=1S/C14H15BrN2/c1-8-3-6-10(15)13-12(16-2)7-11(9-4-5-9)17-14(8)13/h3,6-7,9H,4-5H2,1-2H3,(H,16,17). The Hall–Kier alpha value is -1.09. The van der Waals surface area contributed by atoms with Crippen molar-refractivity contribution in [1.29, 1.82) is 0 Å². The van der Waals surface area contributed by atoms with Gasteiger partial charge in [-0.25, -0.2) is 0 Å². The third kappa shape index (κ3) is 1.82. The van der Waals surface area contributed by atoms with Crippen LogP contribution in [0.5, 0.6) is 0 Å². The zero-order valence-corrected chi connectivity index (χ0v) is 11.6. The summed E-state index contributed by atoms with van der Waals surface area (Å²) < 4.78 is 1.11. The summed E-state index contributed by atoms with van der Waals surface area (Å²) in [5.41, 5.74) is 4.77. The molecule has 0 atom stereocenters. The number of benzene rings is 1. The number of nitrogens with zero attached hydrogens (tertiary/aromatic N) is 1. The summed E-state index contributed by atoms with van der Waals surface area (Å²) in [5.74, 6) is 0.685. The van der Waals surface area contributed by atoms with Gasteiger partial charge in [-0.3, -0.25) is 4.98 Å². The molecule has 0 aliphatic heterocycles. The van der Waals surface area contributed by atoms with Gasteiger partial charge in [0.05, 0.1) is 5.52 Å². The zero-order valence-electron chi connectivity index (χ0n) is 10.0. The van der Waals surface area contributed by atoms with Gasteiger partial charge in [-0.05, 0) is 37.5 Å². The maximum atomic E-state index is 4.84. The van der Waals surface area contributed by atoms with Crippen LogP contribution in [0.25, 0.3) is 10.9 Å². The van der Waals surface area contributed by atoms with Crippen molar-refractivity contribution >= 4 is 32.5 Å². The molecule has 1 N–H and O–H groups in total. The monoisotopic (exact) mass is 290 g/mol. The number of hydrogen-bond donors (Lipinski definition) is 1. The van der Waals surface area contributed by atoms with E-state index in [2.05, 4.69) is 46.4 Å². The minimum atomic E-state index is 0.685. The van der Waals surface area contributed by atoms with Gasteiger partial charge in [0.1, 0.15) is 0 Å². The lowest BCUT2D eigenvalue weighted by atomic mass is 10.1. The summed E-state index contributed by atoms with van der Waals surface area (Å²) in [6, 6.07) is 6.41. The molecule has 3 heteroatoms. The molecule has 1 aromatic carbocycles. The molecule has 0 radical (unpaired) electrons. The van der Waals surface area contributed by atoms with E-state index in [1.165, 1.54) is 35.2 Å². The Morgan fingerprint density at radius 2 is 2.12 bits per heavy atom. The number of rotatable bonds is 2. The van der Waals surface area contributed by atoms with Crippen LogP contribution in [0.2, 0.25) is 0 Å². The van der Waals surface area contributed by atoms with E-state index < -0.39 is 0 Å². The van der Waals surface area contributed by atoms with E-state index in [4.69, 9.17) is 4.98 Å². The van der Waals surface area contributed by atoms with Crippen molar-refractivity contribution in [3.05, 3.63) is 33.9 Å². The Balaban J connectivity index is 2.35. The molecule has 88 valence electrons. The highest BCUT2D eigenvalue weighted by atomic mass is 79.9. The summed E-state index contributed by atoms with van der Waals surface area (Å²) in [5, 5.41) is 4.48. The normalized spacial score (nSPS) is 15.2. The molecule has 0 unspecified atom stereocenters. The number of fused-ring (bicyclic) bond motifs is 1. The quantitative estimate of drug-likeness (QED) is 0.896. The number of halogens is 1. The highest BCUT2D eigenvalue weighted by Crippen LogP contribution is 2.42. The molecule has 1 aliphatic carbocycles. The van der Waals surface area contributed by atoms with Crippen LogP contribution in [0.15, 0.2) is 22.7 Å². The number of aromatic nitrogens is 1. The van der Waals surface area contributed by atoms with E-state index in [1.807, 2.05) is 7.05 Å². The molecular formula is C14H15BrN2. The van der Waals surface area contributed by atoms with Crippen molar-refractivity contribution < 1.29 is 0 Å². The summed E-state index contributed by atoms with van der Waals surface area (Å²) in [6.45, 7) is 2.12. The SMILES string of the molecule is CNc1cc(C2CC2)nc2c(C)ccc(Br)c12. The number of hydrogen-bond acceptors (Lipinski definition) is 2. The average Bonchev–Trinajstić information content (AvgIpc) is 3.16. The van der Waals surface area contributed by atoms with E-state index in [0.29, 0.717) is 5.92 Å². The molecular weight excluding hydrogens is 276 g/mol. The summed E-state index contributed by atoms with van der Waals surface area (Å²) in [6.07, 6.45) is 2.57. The molecule has 1 heterocycles. The Kier molecular flexibility index (Phi) is 2.58. The second kappa shape index (κ2) is 3.98. The molecule has 2 aromatic rings. The Labute approximate surface area is 110 Å². The molecule has 0 spiro atoms. The van der Waals surface area contributed by atoms with E-state index in [9.17, 15) is 0 Å². The maximum absolute atomic E-state index is 4.84. The molecule has 0 saturated heterocycles. The second-order valence-electron chi connectivity index (χ2n) is 4.71. The Morgan fingerprint density at radius 3 is 2.76 bits per heavy atom. The lowest BCUT2D eigenvalue weighted by Crippen LogP contribution is -1.97. The first-order chi connectivity index (χ1) is 8.20. The van der Waals surface area contributed by atoms with Crippen LogP contribution in [0.3, 0.4) is 0 Å². The summed E-state index contributed by atoms with van der Waals surface area (Å²) in [4.78, 5) is 4.84. The fourth-order valence-electron chi connectivity index (χ4n) is 2.24. The number of pyridine rings is 1. The lowest BCUT2D eigenvalue weighted by Gasteiger charge is -2.12. The molecule has 2 nitrogen and oxygen atoms in total. The fraction of sp³-hybridized carbons (Fsp3) is 0.357. The minimum Gasteiger partial charge on any atom is -0.387 e. The molecule has 17 heavy (non-hydrogen) atoms. The largest absolute Gasteiger partial charge is 0.387 e. The second-order valence-corrected chi connectivity index (χ2v) is 5.56. The maximum Gasteiger partial charge on any atom is 0.0766 e. The van der Waals surface area contributed by atoms with E-state index in [0.717, 1.165) is 9.99 Å². The van der Waals surface area contributed by atoms with Gasteiger partial charge >= 0.3 is 0 Å². The first-order valence-electron chi connectivity index (χ1n) is 5.98. The van der Waals surface area contributed by atoms with Crippen molar-refractivity contribution in [2.45, 2.75) is 25.7 Å². The zero-order chi connectivity index (χ0) is 12.0. The van der Waals surface area contributed by atoms with Crippen molar-refractivity contribution in [3.8, 4) is 0 Å². The van der Waals surface area contributed by atoms with E-state index in [-0.39, 0.29) is 0 Å². The molecule has 0 bridgehead atoms. The van der Waals surface area contributed by atoms with Gasteiger partial charge in [0.2, 0.25) is 0 Å². The average molecular weight is 291 g/mol. The third-order valence-corrected chi connectivity index (χ3v) is 4.06. The van der Waals surface area contributed by atoms with Gasteiger partial charge in [-0.15, -0.1) is 0 Å². The van der Waals surface area contributed by atoms with Gasteiger partial charge in [-0.1, -0.05) is 22.0 Å². The van der Waals surface area contributed by atoms with Crippen molar-refractivity contribution in [2.24, 2.45) is 0 Å². The number of nitrogens with one attached hydrogen (secondary N) is 1. The molecule has 1 saturated carbocycles. The predicted molar refractivity (Wildman–Crippen MR) is 75.7 cm³/mol. The number of anilines is 1. The first-order valence-corrected chi connectivity index (χ1v) is 6.77. The fourth-order valence-corrected chi connectivity index (χ4v) is 2.77. The van der Waals surface area contributed by atoms with E-state index >= 15 is 0 Å². The predicted octanol–water partition coefficient (Wildman–Crippen LogP) is 4.22. The minimum absolute atomic E-state index is 0.685. The van der Waals surface area contributed by atoms with Gasteiger partial charge in [-0.2, -0.15) is 0 Å². The lowest BCUT2D eigenvalue weighted by molar-refractivity contribution is 1.04.